The maximum absolute atomic E-state index is 5.58. The third-order valence-corrected chi connectivity index (χ3v) is 5.52. The number of hydrogen-bond donors (Lipinski definition) is 1. The molecule has 1 N–H and O–H groups in total. The number of nitrogens with one attached hydrogen (secondary N) is 1. The molecule has 3 heteroatoms. The maximum Gasteiger partial charge on any atom is 0.0483 e. The first-order chi connectivity index (χ1) is 9.10. The van der Waals surface area contributed by atoms with Gasteiger partial charge in [0, 0.05) is 43.9 Å². The summed E-state index contributed by atoms with van der Waals surface area (Å²) in [7, 11) is 0. The molecule has 2 fully saturated rings. The molecule has 0 bridgehead atoms. The maximum atomic E-state index is 5.58. The molecule has 112 valence electrons. The average molecular weight is 268 g/mol. The van der Waals surface area contributed by atoms with Crippen LogP contribution in [-0.2, 0) is 4.74 Å². The number of piperazine rings is 1. The van der Waals surface area contributed by atoms with Gasteiger partial charge in [-0.15, -0.1) is 0 Å². The normalized spacial score (nSPS) is 34.1. The Morgan fingerprint density at radius 3 is 2.58 bits per heavy atom. The van der Waals surface area contributed by atoms with Gasteiger partial charge in [0.05, 0.1) is 0 Å². The lowest BCUT2D eigenvalue weighted by Gasteiger charge is -2.52. The molecule has 2 heterocycles. The third-order valence-electron chi connectivity index (χ3n) is 5.52. The first-order valence-electron chi connectivity index (χ1n) is 8.18. The highest BCUT2D eigenvalue weighted by atomic mass is 16.5. The van der Waals surface area contributed by atoms with Crippen LogP contribution in [0.15, 0.2) is 0 Å². The summed E-state index contributed by atoms with van der Waals surface area (Å²) in [5, 5.41) is 3.78. The Kier molecular flexibility index (Phi) is 5.27. The number of hydrogen-bond acceptors (Lipinski definition) is 3. The third kappa shape index (κ3) is 3.32. The van der Waals surface area contributed by atoms with E-state index in [1.807, 2.05) is 0 Å². The smallest absolute Gasteiger partial charge is 0.0483 e. The van der Waals surface area contributed by atoms with Gasteiger partial charge in [-0.1, -0.05) is 27.2 Å². The minimum atomic E-state index is 0.354. The predicted molar refractivity (Wildman–Crippen MR) is 80.5 cm³/mol. The van der Waals surface area contributed by atoms with E-state index in [9.17, 15) is 0 Å². The van der Waals surface area contributed by atoms with Gasteiger partial charge in [0.25, 0.3) is 0 Å². The van der Waals surface area contributed by atoms with Crippen molar-refractivity contribution in [2.24, 2.45) is 5.92 Å². The van der Waals surface area contributed by atoms with Gasteiger partial charge in [-0.3, -0.25) is 4.90 Å². The van der Waals surface area contributed by atoms with Gasteiger partial charge in [-0.25, -0.2) is 0 Å². The van der Waals surface area contributed by atoms with Crippen LogP contribution in [0.25, 0.3) is 0 Å². The van der Waals surface area contributed by atoms with Crippen molar-refractivity contribution in [2.45, 2.75) is 71.0 Å². The summed E-state index contributed by atoms with van der Waals surface area (Å²) in [5.74, 6) is 0.767. The van der Waals surface area contributed by atoms with E-state index >= 15 is 0 Å². The van der Waals surface area contributed by atoms with Crippen LogP contribution >= 0.6 is 0 Å². The second-order valence-corrected chi connectivity index (χ2v) is 6.72. The molecule has 0 saturated carbocycles. The molecule has 2 aliphatic heterocycles. The molecular formula is C16H32N2O. The van der Waals surface area contributed by atoms with Crippen molar-refractivity contribution in [3.8, 4) is 0 Å². The molecule has 3 atom stereocenters. The second-order valence-electron chi connectivity index (χ2n) is 6.72. The van der Waals surface area contributed by atoms with Gasteiger partial charge >= 0.3 is 0 Å². The van der Waals surface area contributed by atoms with Crippen molar-refractivity contribution in [1.82, 2.24) is 10.2 Å². The monoisotopic (exact) mass is 268 g/mol. The molecule has 0 aromatic rings. The number of nitrogens with zero attached hydrogens (tertiary/aromatic N) is 1. The van der Waals surface area contributed by atoms with Gasteiger partial charge in [-0.2, -0.15) is 0 Å². The van der Waals surface area contributed by atoms with Gasteiger partial charge in [0.15, 0.2) is 0 Å². The highest BCUT2D eigenvalue weighted by Crippen LogP contribution is 2.32. The summed E-state index contributed by atoms with van der Waals surface area (Å²) in [5.41, 5.74) is 0.354. The highest BCUT2D eigenvalue weighted by Gasteiger charge is 2.41. The van der Waals surface area contributed by atoms with Gasteiger partial charge < -0.3 is 10.1 Å². The Bertz CT molecular complexity index is 276. The summed E-state index contributed by atoms with van der Waals surface area (Å²) < 4.78 is 5.58. The molecule has 0 amide bonds. The van der Waals surface area contributed by atoms with Crippen molar-refractivity contribution < 1.29 is 4.74 Å². The molecule has 0 radical (unpaired) electrons. The summed E-state index contributed by atoms with van der Waals surface area (Å²) in [4.78, 5) is 2.81. The Morgan fingerprint density at radius 1 is 1.32 bits per heavy atom. The van der Waals surface area contributed by atoms with Crippen molar-refractivity contribution in [3.05, 3.63) is 0 Å². The van der Waals surface area contributed by atoms with Crippen LogP contribution in [0.1, 0.15) is 53.4 Å². The fourth-order valence-corrected chi connectivity index (χ4v) is 3.61. The van der Waals surface area contributed by atoms with E-state index in [-0.39, 0.29) is 0 Å². The molecule has 2 saturated heterocycles. The predicted octanol–water partition coefficient (Wildman–Crippen LogP) is 2.65. The lowest BCUT2D eigenvalue weighted by molar-refractivity contribution is -0.0580. The van der Waals surface area contributed by atoms with Crippen LogP contribution in [0.2, 0.25) is 0 Å². The van der Waals surface area contributed by atoms with E-state index in [0.29, 0.717) is 17.6 Å². The van der Waals surface area contributed by atoms with Crippen LogP contribution < -0.4 is 5.32 Å². The zero-order chi connectivity index (χ0) is 13.9. The Balaban J connectivity index is 2.08. The molecular weight excluding hydrogens is 236 g/mol. The summed E-state index contributed by atoms with van der Waals surface area (Å²) >= 11 is 0. The van der Waals surface area contributed by atoms with E-state index in [2.05, 4.69) is 37.9 Å². The van der Waals surface area contributed by atoms with Gasteiger partial charge in [-0.05, 0) is 32.1 Å². The molecule has 3 unspecified atom stereocenters. The fraction of sp³-hybridized carbons (Fsp3) is 1.00. The first-order valence-corrected chi connectivity index (χ1v) is 8.18. The quantitative estimate of drug-likeness (QED) is 0.848. The van der Waals surface area contributed by atoms with Crippen molar-refractivity contribution in [1.29, 1.82) is 0 Å². The Labute approximate surface area is 119 Å². The van der Waals surface area contributed by atoms with Crippen LogP contribution in [-0.4, -0.2) is 48.8 Å². The van der Waals surface area contributed by atoms with Gasteiger partial charge in [0.2, 0.25) is 0 Å². The van der Waals surface area contributed by atoms with E-state index in [1.165, 1.54) is 32.2 Å². The minimum Gasteiger partial charge on any atom is -0.381 e. The van der Waals surface area contributed by atoms with E-state index < -0.39 is 0 Å². The van der Waals surface area contributed by atoms with E-state index in [0.717, 1.165) is 25.7 Å². The van der Waals surface area contributed by atoms with Crippen LogP contribution in [0.3, 0.4) is 0 Å². The number of rotatable bonds is 4. The SMILES string of the molecule is CCC(C)C1CN(C2(C)CCOCC2)C(CC)CN1. The molecule has 19 heavy (non-hydrogen) atoms. The van der Waals surface area contributed by atoms with E-state index in [1.54, 1.807) is 0 Å². The minimum absolute atomic E-state index is 0.354. The lowest BCUT2D eigenvalue weighted by atomic mass is 9.85. The van der Waals surface area contributed by atoms with Gasteiger partial charge in [0.1, 0.15) is 0 Å². The van der Waals surface area contributed by atoms with Crippen LogP contribution in [0, 0.1) is 5.92 Å². The zero-order valence-electron chi connectivity index (χ0n) is 13.2. The van der Waals surface area contributed by atoms with Crippen molar-refractivity contribution in [3.63, 3.8) is 0 Å². The second kappa shape index (κ2) is 6.55. The molecule has 0 aliphatic carbocycles. The fourth-order valence-electron chi connectivity index (χ4n) is 3.61. The average Bonchev–Trinajstić information content (AvgIpc) is 2.46. The summed E-state index contributed by atoms with van der Waals surface area (Å²) in [6.45, 7) is 13.7. The highest BCUT2D eigenvalue weighted by molar-refractivity contribution is 4.98. The molecule has 2 aliphatic rings. The Morgan fingerprint density at radius 2 is 2.00 bits per heavy atom. The topological polar surface area (TPSA) is 24.5 Å². The lowest BCUT2D eigenvalue weighted by Crippen LogP contribution is -2.65. The molecule has 0 aromatic heterocycles. The zero-order valence-corrected chi connectivity index (χ0v) is 13.2. The molecule has 0 aromatic carbocycles. The van der Waals surface area contributed by atoms with Crippen LogP contribution in [0.4, 0.5) is 0 Å². The Hall–Kier alpha value is -0.120. The molecule has 2 rings (SSSR count). The summed E-state index contributed by atoms with van der Waals surface area (Å²) in [6.07, 6.45) is 4.90. The number of ether oxygens (including phenoxy) is 1. The summed E-state index contributed by atoms with van der Waals surface area (Å²) in [6, 6.07) is 1.36. The molecule has 0 spiro atoms. The van der Waals surface area contributed by atoms with Crippen LogP contribution in [0.5, 0.6) is 0 Å². The molecule has 3 nitrogen and oxygen atoms in total. The van der Waals surface area contributed by atoms with Crippen molar-refractivity contribution in [2.75, 3.05) is 26.3 Å². The van der Waals surface area contributed by atoms with Crippen molar-refractivity contribution >= 4 is 0 Å². The standard InChI is InChI=1S/C16H32N2O/c1-5-13(3)15-12-18(14(6-2)11-17-15)16(4)7-9-19-10-8-16/h13-15,17H,5-12H2,1-4H3. The first kappa shape index (κ1) is 15.3. The largest absolute Gasteiger partial charge is 0.381 e. The van der Waals surface area contributed by atoms with E-state index in [4.69, 9.17) is 4.74 Å².